The van der Waals surface area contributed by atoms with Gasteiger partial charge in [-0.3, -0.25) is 14.4 Å². The lowest BCUT2D eigenvalue weighted by Crippen LogP contribution is -2.51. The lowest BCUT2D eigenvalue weighted by molar-refractivity contribution is -0.151. The van der Waals surface area contributed by atoms with Crippen molar-refractivity contribution >= 4 is 17.8 Å². The maximum Gasteiger partial charge on any atom is 0.316 e. The fraction of sp³-hybridized carbons (Fsp3) is 0.500. The highest BCUT2D eigenvalue weighted by Gasteiger charge is 2.44. The minimum Gasteiger partial charge on any atom is -0.468 e. The van der Waals surface area contributed by atoms with Crippen molar-refractivity contribution in [2.45, 2.75) is 31.6 Å². The maximum atomic E-state index is 12.4. The van der Waals surface area contributed by atoms with Crippen molar-refractivity contribution in [2.24, 2.45) is 0 Å². The number of amides is 2. The Hall–Kier alpha value is -2.37. The number of hydrogen-bond donors (Lipinski definition) is 1. The molecule has 2 amide bonds. The van der Waals surface area contributed by atoms with Gasteiger partial charge in [0.1, 0.15) is 0 Å². The van der Waals surface area contributed by atoms with Crippen molar-refractivity contribution in [3.63, 3.8) is 0 Å². The van der Waals surface area contributed by atoms with Crippen LogP contribution < -0.4 is 5.32 Å². The van der Waals surface area contributed by atoms with Gasteiger partial charge in [-0.1, -0.05) is 37.3 Å². The zero-order valence-corrected chi connectivity index (χ0v) is 14.2. The molecule has 0 atom stereocenters. The van der Waals surface area contributed by atoms with Crippen molar-refractivity contribution < 1.29 is 19.1 Å². The smallest absolute Gasteiger partial charge is 0.316 e. The van der Waals surface area contributed by atoms with E-state index in [1.165, 1.54) is 7.11 Å². The van der Waals surface area contributed by atoms with E-state index in [0.717, 1.165) is 5.56 Å². The van der Waals surface area contributed by atoms with E-state index in [0.29, 0.717) is 32.4 Å². The molecule has 0 bridgehead atoms. The van der Waals surface area contributed by atoms with E-state index in [-0.39, 0.29) is 24.3 Å². The zero-order chi connectivity index (χ0) is 17.6. The minimum atomic E-state index is -0.709. The first-order valence-corrected chi connectivity index (χ1v) is 8.22. The molecule has 0 saturated carbocycles. The summed E-state index contributed by atoms with van der Waals surface area (Å²) in [6, 6.07) is 9.56. The van der Waals surface area contributed by atoms with Crippen molar-refractivity contribution in [1.82, 2.24) is 10.2 Å². The first kappa shape index (κ1) is 18.0. The third-order valence-electron chi connectivity index (χ3n) is 4.63. The Labute approximate surface area is 142 Å². The number of rotatable bonds is 5. The number of hydrogen-bond acceptors (Lipinski definition) is 4. The maximum absolute atomic E-state index is 12.4. The second kappa shape index (κ2) is 7.95. The van der Waals surface area contributed by atoms with Crippen LogP contribution in [-0.2, 0) is 24.5 Å². The number of likely N-dealkylation sites (tertiary alicyclic amines) is 1. The number of carbonyl (C=O) groups is 3. The van der Waals surface area contributed by atoms with Gasteiger partial charge in [0, 0.05) is 19.5 Å². The summed E-state index contributed by atoms with van der Waals surface area (Å²) in [5.41, 5.74) is 0.211. The van der Waals surface area contributed by atoms with Gasteiger partial charge in [0.05, 0.1) is 19.1 Å². The molecule has 6 heteroatoms. The van der Waals surface area contributed by atoms with Gasteiger partial charge >= 0.3 is 5.97 Å². The fourth-order valence-corrected chi connectivity index (χ4v) is 3.11. The van der Waals surface area contributed by atoms with Gasteiger partial charge in [-0.15, -0.1) is 0 Å². The molecule has 1 aliphatic heterocycles. The highest BCUT2D eigenvalue weighted by atomic mass is 16.5. The average molecular weight is 332 g/mol. The molecular weight excluding hydrogens is 308 g/mol. The van der Waals surface area contributed by atoms with E-state index in [1.54, 1.807) is 11.8 Å². The van der Waals surface area contributed by atoms with Crippen LogP contribution in [0.1, 0.15) is 31.7 Å². The quantitative estimate of drug-likeness (QED) is 0.823. The largest absolute Gasteiger partial charge is 0.468 e. The summed E-state index contributed by atoms with van der Waals surface area (Å²) < 4.78 is 5.04. The number of nitrogens with zero attached hydrogens (tertiary/aromatic N) is 1. The predicted molar refractivity (Wildman–Crippen MR) is 89.3 cm³/mol. The number of ether oxygens (including phenoxy) is 1. The third kappa shape index (κ3) is 3.75. The summed E-state index contributed by atoms with van der Waals surface area (Å²) in [5.74, 6) is -0.531. The number of piperidine rings is 1. The standard InChI is InChI=1S/C18H24N2O4/c1-3-15(21)19-13-16(22)20-11-9-18(10-12-20,17(23)24-2)14-7-5-4-6-8-14/h4-8H,3,9-13H2,1-2H3,(H,19,21). The van der Waals surface area contributed by atoms with Crippen LogP contribution in [0.25, 0.3) is 0 Å². The summed E-state index contributed by atoms with van der Waals surface area (Å²) in [4.78, 5) is 37.6. The molecule has 1 aromatic rings. The molecule has 0 aromatic heterocycles. The highest BCUT2D eigenvalue weighted by Crippen LogP contribution is 2.36. The molecule has 1 heterocycles. The summed E-state index contributed by atoms with van der Waals surface area (Å²) >= 11 is 0. The van der Waals surface area contributed by atoms with Gasteiger partial charge in [0.15, 0.2) is 0 Å². The number of nitrogens with one attached hydrogen (secondary N) is 1. The Balaban J connectivity index is 2.06. The van der Waals surface area contributed by atoms with Crippen molar-refractivity contribution in [3.8, 4) is 0 Å². The normalized spacial score (nSPS) is 16.3. The topological polar surface area (TPSA) is 75.7 Å². The summed E-state index contributed by atoms with van der Waals surface area (Å²) in [7, 11) is 1.39. The van der Waals surface area contributed by atoms with Crippen LogP contribution in [-0.4, -0.2) is 49.4 Å². The lowest BCUT2D eigenvalue weighted by Gasteiger charge is -2.40. The van der Waals surface area contributed by atoms with E-state index in [1.807, 2.05) is 30.3 Å². The Morgan fingerprint density at radius 3 is 2.33 bits per heavy atom. The Kier molecular flexibility index (Phi) is 5.95. The average Bonchev–Trinajstić information content (AvgIpc) is 2.65. The van der Waals surface area contributed by atoms with Gasteiger partial charge < -0.3 is 15.0 Å². The molecule has 1 aliphatic rings. The van der Waals surface area contributed by atoms with Crippen LogP contribution in [0.3, 0.4) is 0 Å². The molecule has 1 fully saturated rings. The molecule has 0 spiro atoms. The molecule has 2 rings (SSSR count). The Morgan fingerprint density at radius 2 is 1.79 bits per heavy atom. The molecule has 6 nitrogen and oxygen atoms in total. The molecule has 0 unspecified atom stereocenters. The number of carbonyl (C=O) groups excluding carboxylic acids is 3. The molecule has 1 N–H and O–H groups in total. The second-order valence-corrected chi connectivity index (χ2v) is 5.95. The Morgan fingerprint density at radius 1 is 1.17 bits per heavy atom. The molecule has 0 aliphatic carbocycles. The Bertz CT molecular complexity index is 592. The van der Waals surface area contributed by atoms with Crippen molar-refractivity contribution in [2.75, 3.05) is 26.7 Å². The summed E-state index contributed by atoms with van der Waals surface area (Å²) in [6.07, 6.45) is 1.38. The third-order valence-corrected chi connectivity index (χ3v) is 4.63. The first-order valence-electron chi connectivity index (χ1n) is 8.22. The van der Waals surface area contributed by atoms with Gasteiger partial charge in [0.25, 0.3) is 0 Å². The highest BCUT2D eigenvalue weighted by molar-refractivity contribution is 5.86. The molecule has 24 heavy (non-hydrogen) atoms. The van der Waals surface area contributed by atoms with Gasteiger partial charge in [-0.25, -0.2) is 0 Å². The van der Waals surface area contributed by atoms with E-state index < -0.39 is 5.41 Å². The molecule has 0 radical (unpaired) electrons. The van der Waals surface area contributed by atoms with Crippen LogP contribution >= 0.6 is 0 Å². The van der Waals surface area contributed by atoms with Crippen LogP contribution in [0, 0.1) is 0 Å². The van der Waals surface area contributed by atoms with Crippen molar-refractivity contribution in [3.05, 3.63) is 35.9 Å². The minimum absolute atomic E-state index is 0.00321. The predicted octanol–water partition coefficient (Wildman–Crippen LogP) is 1.25. The number of benzene rings is 1. The summed E-state index contributed by atoms with van der Waals surface area (Å²) in [5, 5.41) is 2.59. The SMILES string of the molecule is CCC(=O)NCC(=O)N1CCC(C(=O)OC)(c2ccccc2)CC1. The first-order chi connectivity index (χ1) is 11.5. The van der Waals surface area contributed by atoms with Gasteiger partial charge in [0.2, 0.25) is 11.8 Å². The lowest BCUT2D eigenvalue weighted by atomic mass is 9.72. The van der Waals surface area contributed by atoms with E-state index in [9.17, 15) is 14.4 Å². The zero-order valence-electron chi connectivity index (χ0n) is 14.2. The molecular formula is C18H24N2O4. The van der Waals surface area contributed by atoms with Crippen LogP contribution in [0.15, 0.2) is 30.3 Å². The fourth-order valence-electron chi connectivity index (χ4n) is 3.11. The second-order valence-electron chi connectivity index (χ2n) is 5.95. The number of esters is 1. The molecule has 130 valence electrons. The van der Waals surface area contributed by atoms with Gasteiger partial charge in [-0.05, 0) is 18.4 Å². The van der Waals surface area contributed by atoms with Gasteiger partial charge in [-0.2, -0.15) is 0 Å². The van der Waals surface area contributed by atoms with E-state index in [2.05, 4.69) is 5.32 Å². The van der Waals surface area contributed by atoms with Crippen LogP contribution in [0.4, 0.5) is 0 Å². The number of methoxy groups -OCH3 is 1. The van der Waals surface area contributed by atoms with Crippen LogP contribution in [0.5, 0.6) is 0 Å². The molecule has 1 saturated heterocycles. The van der Waals surface area contributed by atoms with E-state index in [4.69, 9.17) is 4.74 Å². The monoisotopic (exact) mass is 332 g/mol. The van der Waals surface area contributed by atoms with Crippen molar-refractivity contribution in [1.29, 1.82) is 0 Å². The van der Waals surface area contributed by atoms with E-state index >= 15 is 0 Å². The summed E-state index contributed by atoms with van der Waals surface area (Å²) in [6.45, 7) is 2.67. The van der Waals surface area contributed by atoms with Crippen LogP contribution in [0.2, 0.25) is 0 Å². The molecule has 1 aromatic carbocycles.